The highest BCUT2D eigenvalue weighted by Gasteiger charge is 2.13. The van der Waals surface area contributed by atoms with Gasteiger partial charge in [0, 0.05) is 6.20 Å². The number of nitrogens with one attached hydrogen (secondary N) is 1. The summed E-state index contributed by atoms with van der Waals surface area (Å²) in [4.78, 5) is 4.32. The fourth-order valence-corrected chi connectivity index (χ4v) is 2.17. The molecule has 1 unspecified atom stereocenters. The van der Waals surface area contributed by atoms with Crippen molar-refractivity contribution >= 4 is 11.6 Å². The van der Waals surface area contributed by atoms with Gasteiger partial charge in [0.1, 0.15) is 5.82 Å². The molecule has 1 heterocycles. The van der Waals surface area contributed by atoms with Crippen molar-refractivity contribution in [2.45, 2.75) is 19.4 Å². The third-order valence-corrected chi connectivity index (χ3v) is 3.41. The van der Waals surface area contributed by atoms with Gasteiger partial charge in [-0.2, -0.15) is 0 Å². The van der Waals surface area contributed by atoms with E-state index in [0.717, 1.165) is 23.2 Å². The normalized spacial score (nSPS) is 12.4. The van der Waals surface area contributed by atoms with E-state index in [1.54, 1.807) is 12.3 Å². The van der Waals surface area contributed by atoms with Gasteiger partial charge < -0.3 is 5.32 Å². The Morgan fingerprint density at radius 2 is 2.11 bits per heavy atom. The molecule has 1 aromatic carbocycles. The summed E-state index contributed by atoms with van der Waals surface area (Å²) in [6.07, 6.45) is 2.40. The maximum absolute atomic E-state index is 13.1. The van der Waals surface area contributed by atoms with Crippen LogP contribution in [0.3, 0.4) is 0 Å². The number of hydrogen-bond acceptors (Lipinski definition) is 2. The lowest BCUT2D eigenvalue weighted by Gasteiger charge is -2.17. The van der Waals surface area contributed by atoms with Crippen LogP contribution in [0, 0.1) is 12.7 Å². The van der Waals surface area contributed by atoms with Gasteiger partial charge in [0.25, 0.3) is 0 Å². The molecule has 0 aliphatic rings. The Balaban J connectivity index is 2.21. The number of hydrogen-bond donors (Lipinski definition) is 1. The molecule has 2 rings (SSSR count). The van der Waals surface area contributed by atoms with E-state index in [9.17, 15) is 4.39 Å². The summed E-state index contributed by atoms with van der Waals surface area (Å²) in [5, 5.41) is 3.85. The van der Waals surface area contributed by atoms with Crippen LogP contribution in [0.25, 0.3) is 0 Å². The largest absolute Gasteiger partial charge is 0.311 e. The molecule has 1 aromatic heterocycles. The number of benzene rings is 1. The van der Waals surface area contributed by atoms with Crippen LogP contribution in [0.5, 0.6) is 0 Å². The molecule has 0 aliphatic heterocycles. The van der Waals surface area contributed by atoms with Crippen LogP contribution >= 0.6 is 11.6 Å². The van der Waals surface area contributed by atoms with Crippen molar-refractivity contribution < 1.29 is 4.39 Å². The molecular weight excluding hydrogens is 263 g/mol. The second-order valence-corrected chi connectivity index (χ2v) is 4.95. The Morgan fingerprint density at radius 1 is 1.32 bits per heavy atom. The van der Waals surface area contributed by atoms with E-state index in [0.29, 0.717) is 5.02 Å². The maximum Gasteiger partial charge on any atom is 0.123 e. The molecule has 0 radical (unpaired) electrons. The van der Waals surface area contributed by atoms with Gasteiger partial charge >= 0.3 is 0 Å². The summed E-state index contributed by atoms with van der Waals surface area (Å²) in [6.45, 7) is 1.92. The maximum atomic E-state index is 13.1. The minimum absolute atomic E-state index is 0.0847. The molecular formula is C15H16ClFN2. The average Bonchev–Trinajstić information content (AvgIpc) is 2.39. The van der Waals surface area contributed by atoms with Gasteiger partial charge in [0.15, 0.2) is 0 Å². The summed E-state index contributed by atoms with van der Waals surface area (Å²) >= 11 is 5.84. The van der Waals surface area contributed by atoms with Crippen LogP contribution < -0.4 is 5.32 Å². The molecule has 100 valence electrons. The number of nitrogens with zero attached hydrogens (tertiary/aromatic N) is 1. The zero-order valence-electron chi connectivity index (χ0n) is 11.0. The molecule has 0 amide bonds. The first-order valence-electron chi connectivity index (χ1n) is 6.14. The number of aromatic nitrogens is 1. The summed E-state index contributed by atoms with van der Waals surface area (Å²) in [6, 6.07) is 8.68. The van der Waals surface area contributed by atoms with Gasteiger partial charge in [0.2, 0.25) is 0 Å². The Labute approximate surface area is 117 Å². The van der Waals surface area contributed by atoms with Gasteiger partial charge in [-0.1, -0.05) is 17.7 Å². The number of halogens is 2. The highest BCUT2D eigenvalue weighted by atomic mass is 35.5. The molecule has 0 spiro atoms. The van der Waals surface area contributed by atoms with Gasteiger partial charge in [-0.3, -0.25) is 4.98 Å². The Kier molecular flexibility index (Phi) is 4.51. The van der Waals surface area contributed by atoms with Crippen molar-refractivity contribution in [3.63, 3.8) is 0 Å². The molecule has 1 atom stereocenters. The van der Waals surface area contributed by atoms with E-state index >= 15 is 0 Å². The van der Waals surface area contributed by atoms with Crippen LogP contribution in [-0.4, -0.2) is 12.0 Å². The predicted molar refractivity (Wildman–Crippen MR) is 75.9 cm³/mol. The molecule has 0 bridgehead atoms. The lowest BCUT2D eigenvalue weighted by atomic mass is 9.99. The monoisotopic (exact) mass is 278 g/mol. The number of likely N-dealkylation sites (N-methyl/N-ethyl adjacent to an activating group) is 1. The minimum atomic E-state index is -0.202. The van der Waals surface area contributed by atoms with E-state index in [1.165, 1.54) is 6.07 Å². The topological polar surface area (TPSA) is 24.9 Å². The van der Waals surface area contributed by atoms with Crippen molar-refractivity contribution in [3.8, 4) is 0 Å². The van der Waals surface area contributed by atoms with E-state index in [1.807, 2.05) is 32.2 Å². The zero-order chi connectivity index (χ0) is 13.8. The highest BCUT2D eigenvalue weighted by molar-refractivity contribution is 6.30. The first-order chi connectivity index (χ1) is 9.10. The molecule has 0 aliphatic carbocycles. The highest BCUT2D eigenvalue weighted by Crippen LogP contribution is 2.20. The van der Waals surface area contributed by atoms with Gasteiger partial charge in [0.05, 0.1) is 16.8 Å². The van der Waals surface area contributed by atoms with Crippen LogP contribution in [0.15, 0.2) is 36.5 Å². The smallest absolute Gasteiger partial charge is 0.123 e. The van der Waals surface area contributed by atoms with Crippen LogP contribution in [0.1, 0.15) is 22.9 Å². The average molecular weight is 279 g/mol. The third-order valence-electron chi connectivity index (χ3n) is 3.18. The molecule has 2 aromatic rings. The molecule has 1 N–H and O–H groups in total. The minimum Gasteiger partial charge on any atom is -0.311 e. The molecule has 0 saturated heterocycles. The second-order valence-electron chi connectivity index (χ2n) is 4.52. The summed E-state index contributed by atoms with van der Waals surface area (Å²) in [5.41, 5.74) is 2.99. The lowest BCUT2D eigenvalue weighted by molar-refractivity contribution is 0.572. The van der Waals surface area contributed by atoms with Crippen molar-refractivity contribution in [2.75, 3.05) is 7.05 Å². The van der Waals surface area contributed by atoms with E-state index < -0.39 is 0 Å². The Bertz CT molecular complexity index is 555. The Hall–Kier alpha value is -1.45. The zero-order valence-corrected chi connectivity index (χ0v) is 11.7. The Morgan fingerprint density at radius 3 is 2.68 bits per heavy atom. The van der Waals surface area contributed by atoms with Crippen LogP contribution in [0.2, 0.25) is 5.02 Å². The van der Waals surface area contributed by atoms with Crippen molar-refractivity contribution in [1.82, 2.24) is 10.3 Å². The van der Waals surface area contributed by atoms with Crippen molar-refractivity contribution in [1.29, 1.82) is 0 Å². The van der Waals surface area contributed by atoms with Crippen LogP contribution in [-0.2, 0) is 6.42 Å². The fourth-order valence-electron chi connectivity index (χ4n) is 2.06. The standard InChI is InChI=1S/C15H16ClFN2/c1-10-7-13(17)5-3-11(10)8-15(18-2)14-6-4-12(16)9-19-14/h3-7,9,15,18H,8H2,1-2H3. The molecule has 2 nitrogen and oxygen atoms in total. The molecule has 0 saturated carbocycles. The van der Waals surface area contributed by atoms with Crippen molar-refractivity contribution in [2.24, 2.45) is 0 Å². The van der Waals surface area contributed by atoms with E-state index in [2.05, 4.69) is 10.3 Å². The van der Waals surface area contributed by atoms with E-state index in [-0.39, 0.29) is 11.9 Å². The van der Waals surface area contributed by atoms with Crippen LogP contribution in [0.4, 0.5) is 4.39 Å². The quantitative estimate of drug-likeness (QED) is 0.923. The second kappa shape index (κ2) is 6.13. The van der Waals surface area contributed by atoms with E-state index in [4.69, 9.17) is 11.6 Å². The van der Waals surface area contributed by atoms with Gasteiger partial charge in [-0.05, 0) is 55.8 Å². The first-order valence-corrected chi connectivity index (χ1v) is 6.51. The third kappa shape index (κ3) is 3.52. The number of rotatable bonds is 4. The first kappa shape index (κ1) is 14.0. The summed E-state index contributed by atoms with van der Waals surface area (Å²) in [7, 11) is 1.89. The molecule has 4 heteroatoms. The molecule has 19 heavy (non-hydrogen) atoms. The molecule has 0 fully saturated rings. The predicted octanol–water partition coefficient (Wildman–Crippen LogP) is 3.69. The van der Waals surface area contributed by atoms with Crippen molar-refractivity contribution in [3.05, 3.63) is 64.2 Å². The van der Waals surface area contributed by atoms with Gasteiger partial charge in [-0.15, -0.1) is 0 Å². The lowest BCUT2D eigenvalue weighted by Crippen LogP contribution is -2.20. The van der Waals surface area contributed by atoms with Gasteiger partial charge in [-0.25, -0.2) is 4.39 Å². The number of aryl methyl sites for hydroxylation is 1. The summed E-state index contributed by atoms with van der Waals surface area (Å²) in [5.74, 6) is -0.202. The number of pyridine rings is 1. The summed E-state index contributed by atoms with van der Waals surface area (Å²) < 4.78 is 13.1. The SMILES string of the molecule is CNC(Cc1ccc(F)cc1C)c1ccc(Cl)cn1. The fraction of sp³-hybridized carbons (Fsp3) is 0.267.